The molecule has 1 heterocycles. The fourth-order valence-electron chi connectivity index (χ4n) is 3.48. The van der Waals surface area contributed by atoms with Gasteiger partial charge in [0.15, 0.2) is 6.54 Å². The summed E-state index contributed by atoms with van der Waals surface area (Å²) in [5.74, 6) is 1.01. The monoisotopic (exact) mass is 355 g/mol. The first-order chi connectivity index (χ1) is 12.6. The second kappa shape index (κ2) is 8.83. The zero-order valence-corrected chi connectivity index (χ0v) is 15.7. The summed E-state index contributed by atoms with van der Waals surface area (Å²) in [5, 5.41) is 3.04. The van der Waals surface area contributed by atoms with Gasteiger partial charge in [0.25, 0.3) is 5.91 Å². The van der Waals surface area contributed by atoms with E-state index in [-0.39, 0.29) is 5.91 Å². The molecule has 0 aliphatic carbocycles. The second-order valence-corrected chi connectivity index (χ2v) is 7.06. The maximum absolute atomic E-state index is 12.3. The van der Waals surface area contributed by atoms with Crippen molar-refractivity contribution in [3.05, 3.63) is 59.7 Å². The Morgan fingerprint density at radius 2 is 1.65 bits per heavy atom. The molecule has 0 saturated carbocycles. The van der Waals surface area contributed by atoms with Gasteiger partial charge in [-0.05, 0) is 42.8 Å². The molecule has 5 heteroatoms. The summed E-state index contributed by atoms with van der Waals surface area (Å²) >= 11 is 0. The number of rotatable bonds is 6. The summed E-state index contributed by atoms with van der Waals surface area (Å²) in [4.78, 5) is 15.3. The predicted molar refractivity (Wildman–Crippen MR) is 103 cm³/mol. The number of quaternary nitrogens is 2. The number of methoxy groups -OCH3 is 1. The van der Waals surface area contributed by atoms with Gasteiger partial charge in [0, 0.05) is 11.3 Å². The Hall–Kier alpha value is -2.37. The Morgan fingerprint density at radius 3 is 2.31 bits per heavy atom. The molecule has 1 fully saturated rings. The number of hydrogen-bond acceptors (Lipinski definition) is 2. The van der Waals surface area contributed by atoms with Crippen molar-refractivity contribution < 1.29 is 19.3 Å². The number of hydrogen-bond donors (Lipinski definition) is 3. The van der Waals surface area contributed by atoms with Gasteiger partial charge in [-0.1, -0.05) is 18.2 Å². The van der Waals surface area contributed by atoms with E-state index in [4.69, 9.17) is 4.74 Å². The van der Waals surface area contributed by atoms with E-state index < -0.39 is 0 Å². The molecule has 5 nitrogen and oxygen atoms in total. The van der Waals surface area contributed by atoms with Crippen LogP contribution in [-0.2, 0) is 11.3 Å². The third kappa shape index (κ3) is 5.07. The van der Waals surface area contributed by atoms with Crippen LogP contribution >= 0.6 is 0 Å². The van der Waals surface area contributed by atoms with E-state index >= 15 is 0 Å². The lowest BCUT2D eigenvalue weighted by molar-refractivity contribution is -1.02. The van der Waals surface area contributed by atoms with Gasteiger partial charge in [-0.15, -0.1) is 0 Å². The van der Waals surface area contributed by atoms with Crippen molar-refractivity contribution in [1.29, 1.82) is 0 Å². The van der Waals surface area contributed by atoms with Crippen molar-refractivity contribution >= 4 is 11.6 Å². The summed E-state index contributed by atoms with van der Waals surface area (Å²) in [6, 6.07) is 16.2. The molecular weight excluding hydrogens is 326 g/mol. The highest BCUT2D eigenvalue weighted by Gasteiger charge is 2.25. The molecule has 1 amide bonds. The summed E-state index contributed by atoms with van der Waals surface area (Å²) in [6.45, 7) is 7.86. The van der Waals surface area contributed by atoms with Crippen LogP contribution in [0.4, 0.5) is 5.69 Å². The molecule has 3 N–H and O–H groups in total. The van der Waals surface area contributed by atoms with Gasteiger partial charge >= 0.3 is 0 Å². The molecule has 2 aromatic rings. The van der Waals surface area contributed by atoms with Crippen LogP contribution in [0, 0.1) is 6.92 Å². The molecule has 0 aromatic heterocycles. The fraction of sp³-hybridized carbons (Fsp3) is 0.381. The van der Waals surface area contributed by atoms with Gasteiger partial charge in [0.2, 0.25) is 0 Å². The molecule has 138 valence electrons. The number of ether oxygens (including phenoxy) is 1. The third-order valence-corrected chi connectivity index (χ3v) is 5.11. The first-order valence-electron chi connectivity index (χ1n) is 9.29. The minimum Gasteiger partial charge on any atom is -0.497 e. The van der Waals surface area contributed by atoms with Gasteiger partial charge in [-0.2, -0.15) is 0 Å². The van der Waals surface area contributed by atoms with Gasteiger partial charge in [-0.3, -0.25) is 4.79 Å². The van der Waals surface area contributed by atoms with Crippen molar-refractivity contribution in [1.82, 2.24) is 0 Å². The summed E-state index contributed by atoms with van der Waals surface area (Å²) < 4.78 is 5.21. The molecule has 0 radical (unpaired) electrons. The molecule has 3 rings (SSSR count). The topological polar surface area (TPSA) is 47.2 Å². The smallest absolute Gasteiger partial charge is 0.279 e. The maximum Gasteiger partial charge on any atom is 0.279 e. The average Bonchev–Trinajstić information content (AvgIpc) is 2.66. The van der Waals surface area contributed by atoms with Crippen LogP contribution in [0.5, 0.6) is 5.75 Å². The number of piperazine rings is 1. The number of anilines is 1. The summed E-state index contributed by atoms with van der Waals surface area (Å²) in [5.41, 5.74) is 3.35. The number of nitrogens with one attached hydrogen (secondary N) is 3. The van der Waals surface area contributed by atoms with Crippen molar-refractivity contribution in [2.45, 2.75) is 13.5 Å². The van der Waals surface area contributed by atoms with Crippen LogP contribution in [0.1, 0.15) is 11.1 Å². The van der Waals surface area contributed by atoms with Crippen LogP contribution in [-0.4, -0.2) is 45.7 Å². The molecule has 0 atom stereocenters. The Bertz CT molecular complexity index is 722. The number of amides is 1. The van der Waals surface area contributed by atoms with Crippen LogP contribution in [0.3, 0.4) is 0 Å². The minimum atomic E-state index is 0.105. The lowest BCUT2D eigenvalue weighted by atomic mass is 10.2. The molecule has 2 aromatic carbocycles. The predicted octanol–water partition coefficient (Wildman–Crippen LogP) is -0.0743. The lowest BCUT2D eigenvalue weighted by Crippen LogP contribution is -3.28. The normalized spacial score (nSPS) is 19.8. The standard InChI is InChI=1S/C21H27N3O2/c1-17-5-3-4-6-20(17)22-21(25)16-24-13-11-23(12-14-24)15-18-7-9-19(26-2)10-8-18/h3-10H,11-16H2,1-2H3,(H,22,25)/p+2. The largest absolute Gasteiger partial charge is 0.497 e. The van der Waals surface area contributed by atoms with Crippen LogP contribution in [0.15, 0.2) is 48.5 Å². The number of para-hydroxylation sites is 1. The van der Waals surface area contributed by atoms with E-state index in [9.17, 15) is 4.79 Å². The quantitative estimate of drug-likeness (QED) is 0.679. The van der Waals surface area contributed by atoms with E-state index in [1.807, 2.05) is 43.3 Å². The summed E-state index contributed by atoms with van der Waals surface area (Å²) in [6.07, 6.45) is 0. The zero-order valence-electron chi connectivity index (χ0n) is 15.7. The van der Waals surface area contributed by atoms with Gasteiger partial charge in [0.05, 0.1) is 7.11 Å². The molecule has 26 heavy (non-hydrogen) atoms. The first kappa shape index (κ1) is 18.4. The van der Waals surface area contributed by atoms with E-state index in [1.54, 1.807) is 12.0 Å². The highest BCUT2D eigenvalue weighted by Crippen LogP contribution is 2.12. The molecule has 1 aliphatic rings. The molecule has 1 saturated heterocycles. The highest BCUT2D eigenvalue weighted by molar-refractivity contribution is 5.92. The number of carbonyl (C=O) groups excluding carboxylic acids is 1. The Labute approximate surface area is 155 Å². The number of aryl methyl sites for hydroxylation is 1. The molecule has 1 aliphatic heterocycles. The zero-order chi connectivity index (χ0) is 18.4. The van der Waals surface area contributed by atoms with Crippen LogP contribution in [0.2, 0.25) is 0 Å². The number of carbonyl (C=O) groups is 1. The average molecular weight is 355 g/mol. The maximum atomic E-state index is 12.3. The summed E-state index contributed by atoms with van der Waals surface area (Å²) in [7, 11) is 1.69. The molecular formula is C21H29N3O2+2. The molecule has 0 bridgehead atoms. The Kier molecular flexibility index (Phi) is 6.26. The van der Waals surface area contributed by atoms with Gasteiger partial charge < -0.3 is 19.9 Å². The molecule has 0 spiro atoms. The number of benzene rings is 2. The van der Waals surface area contributed by atoms with Crippen molar-refractivity contribution in [2.75, 3.05) is 45.2 Å². The third-order valence-electron chi connectivity index (χ3n) is 5.11. The van der Waals surface area contributed by atoms with Crippen molar-refractivity contribution in [3.63, 3.8) is 0 Å². The SMILES string of the molecule is COc1ccc(C[NH+]2CC[NH+](CC(=O)Nc3ccccc3C)CC2)cc1. The fourth-order valence-corrected chi connectivity index (χ4v) is 3.48. The second-order valence-electron chi connectivity index (χ2n) is 7.06. The van der Waals surface area contributed by atoms with Crippen LogP contribution in [0.25, 0.3) is 0 Å². The Morgan fingerprint density at radius 1 is 1.00 bits per heavy atom. The van der Waals surface area contributed by atoms with Crippen molar-refractivity contribution in [3.8, 4) is 5.75 Å². The van der Waals surface area contributed by atoms with E-state index in [0.29, 0.717) is 6.54 Å². The van der Waals surface area contributed by atoms with E-state index in [2.05, 4.69) is 17.4 Å². The van der Waals surface area contributed by atoms with E-state index in [1.165, 1.54) is 10.5 Å². The lowest BCUT2D eigenvalue weighted by Gasteiger charge is -2.29. The highest BCUT2D eigenvalue weighted by atomic mass is 16.5. The van der Waals surface area contributed by atoms with Gasteiger partial charge in [0.1, 0.15) is 38.5 Å². The first-order valence-corrected chi connectivity index (χ1v) is 9.29. The Balaban J connectivity index is 1.43. The van der Waals surface area contributed by atoms with Crippen molar-refractivity contribution in [2.24, 2.45) is 0 Å². The van der Waals surface area contributed by atoms with Crippen LogP contribution < -0.4 is 19.9 Å². The van der Waals surface area contributed by atoms with Gasteiger partial charge in [-0.25, -0.2) is 0 Å². The molecule has 0 unspecified atom stereocenters. The minimum absolute atomic E-state index is 0.105. The van der Waals surface area contributed by atoms with E-state index in [0.717, 1.165) is 49.7 Å².